The second-order valence-electron chi connectivity index (χ2n) is 16.1. The average Bonchev–Trinajstić information content (AvgIpc) is 3.74. The largest absolute Gasteiger partial charge is 0.485 e. The maximum absolute atomic E-state index is 15.2. The van der Waals surface area contributed by atoms with Gasteiger partial charge in [0.15, 0.2) is 18.2 Å². The molecule has 1 saturated carbocycles. The van der Waals surface area contributed by atoms with Crippen molar-refractivity contribution in [2.75, 3.05) is 11.9 Å². The van der Waals surface area contributed by atoms with E-state index in [1.165, 1.54) is 12.5 Å². The number of Topliss-reactive ketones (excluding diaryl/α,β-unsaturated/α-hetero) is 3. The van der Waals surface area contributed by atoms with E-state index in [2.05, 4.69) is 20.3 Å². The van der Waals surface area contributed by atoms with Crippen LogP contribution in [0.2, 0.25) is 0 Å². The number of aliphatic hydroxyl groups excluding tert-OH is 2. The molecular weight excluding hydrogens is 739 g/mol. The number of nitrogens with one attached hydrogen (secondary N) is 2. The smallest absolute Gasteiger partial charge is 0.242 e. The number of pyridine rings is 1. The van der Waals surface area contributed by atoms with Crippen molar-refractivity contribution in [3.8, 4) is 5.75 Å². The van der Waals surface area contributed by atoms with E-state index in [9.17, 15) is 24.6 Å². The SMILES string of the molecule is CC[C@H](C)[C@H](N)C(=O)Nc1ncc(C(=O)COc2cccc3ccccc23)c(C(=O)[C@@H](N)Cc2cnc[nH]2)c1C(=O)C(C(C)C)C(O)C(O)C(N)CC1CCCCC1. The minimum atomic E-state index is -1.69. The van der Waals surface area contributed by atoms with E-state index in [0.717, 1.165) is 49.1 Å². The summed E-state index contributed by atoms with van der Waals surface area (Å²) >= 11 is 0. The summed E-state index contributed by atoms with van der Waals surface area (Å²) in [6.45, 7) is 6.51. The van der Waals surface area contributed by atoms with E-state index in [1.807, 2.05) is 37.3 Å². The highest BCUT2D eigenvalue weighted by Gasteiger charge is 2.42. The summed E-state index contributed by atoms with van der Waals surface area (Å²) in [5, 5.41) is 27.7. The number of carbonyl (C=O) groups excluding carboxylic acids is 4. The van der Waals surface area contributed by atoms with Crippen molar-refractivity contribution >= 4 is 39.8 Å². The van der Waals surface area contributed by atoms with Crippen LogP contribution in [-0.4, -0.2) is 85.4 Å². The molecule has 4 unspecified atom stereocenters. The molecule has 1 amide bonds. The molecule has 0 saturated heterocycles. The molecule has 5 rings (SSSR count). The molecule has 0 radical (unpaired) electrons. The Morgan fingerprint density at radius 3 is 2.29 bits per heavy atom. The van der Waals surface area contributed by atoms with E-state index in [0.29, 0.717) is 24.3 Å². The third-order valence-corrected chi connectivity index (χ3v) is 11.6. The van der Waals surface area contributed by atoms with Crippen LogP contribution in [0.25, 0.3) is 10.8 Å². The number of nitrogens with two attached hydrogens (primary N) is 3. The fourth-order valence-corrected chi connectivity index (χ4v) is 7.91. The number of benzene rings is 2. The van der Waals surface area contributed by atoms with E-state index >= 15 is 4.79 Å². The van der Waals surface area contributed by atoms with Gasteiger partial charge in [0.25, 0.3) is 0 Å². The van der Waals surface area contributed by atoms with Gasteiger partial charge in [-0.05, 0) is 35.6 Å². The third kappa shape index (κ3) is 10.4. The molecule has 58 heavy (non-hydrogen) atoms. The number of hydrogen-bond acceptors (Lipinski definition) is 12. The number of carbonyl (C=O) groups is 4. The average molecular weight is 798 g/mol. The van der Waals surface area contributed by atoms with Crippen molar-refractivity contribution in [1.29, 1.82) is 0 Å². The molecule has 2 aromatic heterocycles. The van der Waals surface area contributed by atoms with Crippen LogP contribution in [0.5, 0.6) is 5.75 Å². The van der Waals surface area contributed by atoms with Gasteiger partial charge in [0.05, 0.1) is 47.7 Å². The van der Waals surface area contributed by atoms with E-state index < -0.39 is 83.2 Å². The molecule has 1 fully saturated rings. The quantitative estimate of drug-likeness (QED) is 0.0598. The molecule has 0 spiro atoms. The number of amides is 1. The molecule has 0 aliphatic heterocycles. The van der Waals surface area contributed by atoms with Crippen molar-refractivity contribution in [2.24, 2.45) is 40.9 Å². The zero-order valence-electron chi connectivity index (χ0n) is 33.9. The zero-order chi connectivity index (χ0) is 42.1. The molecule has 14 heteroatoms. The highest BCUT2D eigenvalue weighted by molar-refractivity contribution is 6.20. The molecular formula is C44H59N7O7. The topological polar surface area (TPSA) is 250 Å². The number of hydrogen-bond donors (Lipinski definition) is 7. The molecule has 10 N–H and O–H groups in total. The second-order valence-corrected chi connectivity index (χ2v) is 16.1. The van der Waals surface area contributed by atoms with E-state index in [4.69, 9.17) is 21.9 Å². The van der Waals surface area contributed by atoms with Gasteiger partial charge in [-0.1, -0.05) is 103 Å². The Labute approximate surface area is 339 Å². The Balaban J connectivity index is 1.62. The molecule has 7 atom stereocenters. The second kappa shape index (κ2) is 20.2. The number of aromatic amines is 1. The lowest BCUT2D eigenvalue weighted by molar-refractivity contribution is -0.118. The number of imidazole rings is 1. The number of H-pyrrole nitrogens is 1. The van der Waals surface area contributed by atoms with Crippen LogP contribution in [0.15, 0.2) is 61.2 Å². The monoisotopic (exact) mass is 797 g/mol. The number of fused-ring (bicyclic) bond motifs is 1. The summed E-state index contributed by atoms with van der Waals surface area (Å²) in [7, 11) is 0. The molecule has 312 valence electrons. The predicted octanol–water partition coefficient (Wildman–Crippen LogP) is 4.76. The van der Waals surface area contributed by atoms with Gasteiger partial charge in [-0.15, -0.1) is 0 Å². The number of aliphatic hydroxyl groups is 2. The van der Waals surface area contributed by atoms with Crippen LogP contribution < -0.4 is 27.3 Å². The summed E-state index contributed by atoms with van der Waals surface area (Å²) in [4.78, 5) is 69.2. The number of anilines is 1. The number of ether oxygens (including phenoxy) is 1. The van der Waals surface area contributed by atoms with Crippen LogP contribution in [0.4, 0.5) is 5.82 Å². The minimum Gasteiger partial charge on any atom is -0.485 e. The molecule has 1 aliphatic carbocycles. The van der Waals surface area contributed by atoms with Crippen molar-refractivity contribution in [2.45, 2.75) is 109 Å². The first-order chi connectivity index (χ1) is 27.7. The van der Waals surface area contributed by atoms with Gasteiger partial charge < -0.3 is 42.5 Å². The summed E-state index contributed by atoms with van der Waals surface area (Å²) < 4.78 is 6.03. The maximum atomic E-state index is 15.2. The lowest BCUT2D eigenvalue weighted by atomic mass is 9.76. The molecule has 2 aromatic carbocycles. The maximum Gasteiger partial charge on any atom is 0.242 e. The fraction of sp³-hybridized carbons (Fsp3) is 0.500. The van der Waals surface area contributed by atoms with Crippen LogP contribution in [0, 0.1) is 23.7 Å². The van der Waals surface area contributed by atoms with Gasteiger partial charge in [-0.2, -0.15) is 0 Å². The Kier molecular flexibility index (Phi) is 15.4. The molecule has 0 bridgehead atoms. The molecule has 1 aliphatic rings. The van der Waals surface area contributed by atoms with Crippen LogP contribution in [0.1, 0.15) is 109 Å². The van der Waals surface area contributed by atoms with Gasteiger partial charge in [-0.25, -0.2) is 9.97 Å². The highest BCUT2D eigenvalue weighted by Crippen LogP contribution is 2.34. The van der Waals surface area contributed by atoms with Crippen molar-refractivity contribution in [1.82, 2.24) is 15.0 Å². The van der Waals surface area contributed by atoms with Gasteiger partial charge >= 0.3 is 0 Å². The number of aromatic nitrogens is 3. The Bertz CT molecular complexity index is 2030. The first-order valence-corrected chi connectivity index (χ1v) is 20.4. The Hall–Kier alpha value is -4.86. The summed E-state index contributed by atoms with van der Waals surface area (Å²) in [5.74, 6) is -4.90. The van der Waals surface area contributed by atoms with Crippen LogP contribution in [-0.2, 0) is 11.2 Å². The highest BCUT2D eigenvalue weighted by atomic mass is 16.5. The minimum absolute atomic E-state index is 0.0412. The Morgan fingerprint density at radius 1 is 0.914 bits per heavy atom. The van der Waals surface area contributed by atoms with Crippen molar-refractivity contribution in [3.63, 3.8) is 0 Å². The number of rotatable bonds is 20. The van der Waals surface area contributed by atoms with Crippen LogP contribution in [0.3, 0.4) is 0 Å². The standard InChI is InChI=1S/C44H59N7O7/c1-5-25(4)38(47)44(57)51-43-37(41(55)35(24(2)3)42(56)40(54)31(45)18-26-12-7-6-8-13-26)36(39(53)32(46)19-28-20-48-23-50-28)30(21-49-43)33(52)22-58-34-17-11-15-27-14-9-10-16-29(27)34/h9-11,14-17,20-21,23-26,31-32,35,38,40,42,54,56H,5-8,12-13,18-19,22,45-47H2,1-4H3,(H,48,50)(H,49,51,57)/t25-,31?,32-,35?,38-,40?,42?/m0/s1. The van der Waals surface area contributed by atoms with Crippen LogP contribution >= 0.6 is 0 Å². The van der Waals surface area contributed by atoms with Gasteiger partial charge in [0, 0.05) is 41.5 Å². The molecule has 4 aromatic rings. The van der Waals surface area contributed by atoms with Gasteiger partial charge in [-0.3, -0.25) is 19.2 Å². The van der Waals surface area contributed by atoms with E-state index in [1.54, 1.807) is 32.9 Å². The lowest BCUT2D eigenvalue weighted by Gasteiger charge is -2.34. The molecule has 14 nitrogen and oxygen atoms in total. The third-order valence-electron chi connectivity index (χ3n) is 11.6. The normalized spacial score (nSPS) is 17.2. The lowest BCUT2D eigenvalue weighted by Crippen LogP contribution is -2.50. The summed E-state index contributed by atoms with van der Waals surface area (Å²) in [6, 6.07) is 9.73. The van der Waals surface area contributed by atoms with Crippen molar-refractivity contribution in [3.05, 3.63) is 83.6 Å². The van der Waals surface area contributed by atoms with Gasteiger partial charge in [0.1, 0.15) is 11.6 Å². The molecule has 2 heterocycles. The van der Waals surface area contributed by atoms with E-state index in [-0.39, 0.29) is 29.6 Å². The van der Waals surface area contributed by atoms with Gasteiger partial charge in [0.2, 0.25) is 11.7 Å². The predicted molar refractivity (Wildman–Crippen MR) is 223 cm³/mol. The summed E-state index contributed by atoms with van der Waals surface area (Å²) in [6.07, 6.45) is 7.03. The fourth-order valence-electron chi connectivity index (χ4n) is 7.91. The number of nitrogens with zero attached hydrogens (tertiary/aromatic N) is 2. The zero-order valence-corrected chi connectivity index (χ0v) is 33.9. The number of ketones is 3. The first kappa shape index (κ1) is 44.2. The summed E-state index contributed by atoms with van der Waals surface area (Å²) in [5.41, 5.74) is 18.8. The first-order valence-electron chi connectivity index (χ1n) is 20.4. The Morgan fingerprint density at radius 2 is 1.62 bits per heavy atom. The van der Waals surface area contributed by atoms with Crippen molar-refractivity contribution < 1.29 is 34.1 Å².